The molecule has 2 saturated heterocycles. The Bertz CT molecular complexity index is 1410. The summed E-state index contributed by atoms with van der Waals surface area (Å²) >= 11 is 6.28. The number of esters is 1. The minimum absolute atomic E-state index is 0.0974. The topological polar surface area (TPSA) is 71.1 Å². The van der Waals surface area contributed by atoms with Crippen LogP contribution in [0.3, 0.4) is 0 Å². The second-order valence-electron chi connectivity index (χ2n) is 12.4. The molecule has 0 aliphatic carbocycles. The smallest absolute Gasteiger partial charge is 0.325 e. The van der Waals surface area contributed by atoms with Crippen LogP contribution in [0.5, 0.6) is 11.5 Å². The number of hydrogen-bond donors (Lipinski definition) is 1. The highest BCUT2D eigenvalue weighted by molar-refractivity contribution is 6.32. The van der Waals surface area contributed by atoms with E-state index in [-0.39, 0.29) is 17.9 Å². The summed E-state index contributed by atoms with van der Waals surface area (Å²) in [6.07, 6.45) is 3.09. The van der Waals surface area contributed by atoms with Gasteiger partial charge < -0.3 is 14.8 Å². The number of ether oxygens (including phenoxy) is 2. The number of carbonyl (C=O) groups is 2. The molecule has 0 saturated carbocycles. The van der Waals surface area contributed by atoms with Gasteiger partial charge in [-0.1, -0.05) is 66.2 Å². The van der Waals surface area contributed by atoms with Crippen molar-refractivity contribution < 1.29 is 19.1 Å². The Morgan fingerprint density at radius 1 is 0.932 bits per heavy atom. The van der Waals surface area contributed by atoms with Crippen LogP contribution in [-0.4, -0.2) is 66.0 Å². The lowest BCUT2D eigenvalue weighted by Gasteiger charge is -2.46. The van der Waals surface area contributed by atoms with Crippen molar-refractivity contribution in [1.29, 1.82) is 0 Å². The number of benzene rings is 3. The maximum Gasteiger partial charge on any atom is 0.325 e. The van der Waals surface area contributed by atoms with E-state index in [1.165, 1.54) is 5.56 Å². The van der Waals surface area contributed by atoms with Gasteiger partial charge in [0, 0.05) is 38.8 Å². The third-order valence-corrected chi connectivity index (χ3v) is 9.55. The Kier molecular flexibility index (Phi) is 10.3. The summed E-state index contributed by atoms with van der Waals surface area (Å²) in [4.78, 5) is 31.4. The normalized spacial score (nSPS) is 18.0. The zero-order valence-corrected chi connectivity index (χ0v) is 26.8. The SMILES string of the molecule is CCOC(=O)C(C)(C)N1CCC(C(=O)NC2CCN(Cc3cccc(Oc4ccccc4Cl)c3)CC2)(c2ccccc2)CC1. The molecule has 5 rings (SSSR count). The first-order chi connectivity index (χ1) is 21.2. The molecule has 44 heavy (non-hydrogen) atoms. The van der Waals surface area contributed by atoms with E-state index in [1.54, 1.807) is 0 Å². The first-order valence-electron chi connectivity index (χ1n) is 15.7. The van der Waals surface area contributed by atoms with Gasteiger partial charge in [0.1, 0.15) is 17.0 Å². The number of rotatable bonds is 10. The molecule has 0 radical (unpaired) electrons. The van der Waals surface area contributed by atoms with Crippen LogP contribution in [0.4, 0.5) is 0 Å². The second-order valence-corrected chi connectivity index (χ2v) is 12.8. The maximum absolute atomic E-state index is 14.1. The van der Waals surface area contributed by atoms with E-state index in [0.717, 1.165) is 43.8 Å². The van der Waals surface area contributed by atoms with E-state index in [9.17, 15) is 9.59 Å². The lowest BCUT2D eigenvalue weighted by Crippen LogP contribution is -2.60. The monoisotopic (exact) mass is 617 g/mol. The standard InChI is InChI=1S/C36H44ClN3O4/c1-4-43-34(42)35(2,3)40-23-19-36(20-24-40,28-12-6-5-7-13-28)33(41)38-29-17-21-39(22-18-29)26-27-11-10-14-30(25-27)44-32-16-9-8-15-31(32)37/h5-16,25,29H,4,17-24,26H2,1-3H3,(H,38,41). The van der Waals surface area contributed by atoms with Gasteiger partial charge in [0.15, 0.2) is 0 Å². The van der Waals surface area contributed by atoms with E-state index in [2.05, 4.69) is 39.4 Å². The predicted octanol–water partition coefficient (Wildman–Crippen LogP) is 6.59. The van der Waals surface area contributed by atoms with Crippen LogP contribution in [0.2, 0.25) is 5.02 Å². The van der Waals surface area contributed by atoms with Gasteiger partial charge in [0.2, 0.25) is 5.91 Å². The van der Waals surface area contributed by atoms with E-state index < -0.39 is 11.0 Å². The van der Waals surface area contributed by atoms with Crippen molar-refractivity contribution in [3.05, 3.63) is 95.0 Å². The fourth-order valence-corrected chi connectivity index (χ4v) is 6.64. The number of nitrogens with zero attached hydrogens (tertiary/aromatic N) is 2. The summed E-state index contributed by atoms with van der Waals surface area (Å²) < 4.78 is 11.4. The predicted molar refractivity (Wildman–Crippen MR) is 174 cm³/mol. The van der Waals surface area contributed by atoms with Gasteiger partial charge in [-0.2, -0.15) is 0 Å². The van der Waals surface area contributed by atoms with Gasteiger partial charge in [-0.3, -0.25) is 19.4 Å². The first kappa shape index (κ1) is 32.0. The van der Waals surface area contributed by atoms with Gasteiger partial charge in [-0.15, -0.1) is 0 Å². The fourth-order valence-electron chi connectivity index (χ4n) is 6.47. The Labute approximate surface area is 266 Å². The summed E-state index contributed by atoms with van der Waals surface area (Å²) in [7, 11) is 0. The molecule has 2 aliphatic heterocycles. The highest BCUT2D eigenvalue weighted by atomic mass is 35.5. The molecule has 0 spiro atoms. The van der Waals surface area contributed by atoms with Crippen molar-refractivity contribution in [2.45, 2.75) is 70.0 Å². The Morgan fingerprint density at radius 3 is 2.30 bits per heavy atom. The Morgan fingerprint density at radius 2 is 1.61 bits per heavy atom. The molecular formula is C36H44ClN3O4. The summed E-state index contributed by atoms with van der Waals surface area (Å²) in [6.45, 7) is 9.93. The molecule has 0 aromatic heterocycles. The average Bonchev–Trinajstić information content (AvgIpc) is 3.04. The number of hydrogen-bond acceptors (Lipinski definition) is 6. The molecule has 0 bridgehead atoms. The maximum atomic E-state index is 14.1. The van der Waals surface area contributed by atoms with Gasteiger partial charge in [-0.25, -0.2) is 0 Å². The van der Waals surface area contributed by atoms with E-state index in [1.807, 2.05) is 75.4 Å². The van der Waals surface area contributed by atoms with E-state index >= 15 is 0 Å². The van der Waals surface area contributed by atoms with Crippen molar-refractivity contribution in [3.63, 3.8) is 0 Å². The van der Waals surface area contributed by atoms with E-state index in [0.29, 0.717) is 43.3 Å². The van der Waals surface area contributed by atoms with Gasteiger partial charge >= 0.3 is 5.97 Å². The lowest BCUT2D eigenvalue weighted by molar-refractivity contribution is -0.157. The Hall–Kier alpha value is -3.39. The number of halogens is 1. The van der Waals surface area contributed by atoms with Crippen LogP contribution in [0.15, 0.2) is 78.9 Å². The number of piperidine rings is 2. The van der Waals surface area contributed by atoms with Gasteiger partial charge in [-0.05, 0) is 81.8 Å². The minimum Gasteiger partial charge on any atom is -0.465 e. The molecule has 1 N–H and O–H groups in total. The summed E-state index contributed by atoms with van der Waals surface area (Å²) in [6, 6.07) is 25.9. The molecule has 234 valence electrons. The van der Waals surface area contributed by atoms with Crippen molar-refractivity contribution in [1.82, 2.24) is 15.1 Å². The molecule has 2 fully saturated rings. The number of carbonyl (C=O) groups excluding carboxylic acids is 2. The Balaban J connectivity index is 1.18. The lowest BCUT2D eigenvalue weighted by atomic mass is 9.71. The summed E-state index contributed by atoms with van der Waals surface area (Å²) in [5, 5.41) is 4.03. The summed E-state index contributed by atoms with van der Waals surface area (Å²) in [5.41, 5.74) is 0.865. The third kappa shape index (κ3) is 7.28. The molecule has 0 atom stereocenters. The van der Waals surface area contributed by atoms with Gasteiger partial charge in [0.05, 0.1) is 17.0 Å². The number of amides is 1. The quantitative estimate of drug-likeness (QED) is 0.259. The average molecular weight is 618 g/mol. The van der Waals surface area contributed by atoms with Crippen LogP contribution in [0.1, 0.15) is 57.6 Å². The molecule has 1 amide bonds. The highest BCUT2D eigenvalue weighted by Gasteiger charge is 2.47. The van der Waals surface area contributed by atoms with Crippen molar-refractivity contribution in [3.8, 4) is 11.5 Å². The third-order valence-electron chi connectivity index (χ3n) is 9.24. The van der Waals surface area contributed by atoms with Crippen molar-refractivity contribution >= 4 is 23.5 Å². The molecule has 3 aromatic carbocycles. The molecule has 2 aliphatic rings. The van der Waals surface area contributed by atoms with Gasteiger partial charge in [0.25, 0.3) is 0 Å². The zero-order valence-electron chi connectivity index (χ0n) is 26.1. The second kappa shape index (κ2) is 14.1. The number of para-hydroxylation sites is 1. The number of nitrogens with one attached hydrogen (secondary N) is 1. The molecule has 2 heterocycles. The van der Waals surface area contributed by atoms with Crippen LogP contribution in [0.25, 0.3) is 0 Å². The fraction of sp³-hybridized carbons (Fsp3) is 0.444. The molecular weight excluding hydrogens is 574 g/mol. The van der Waals surface area contributed by atoms with Crippen LogP contribution >= 0.6 is 11.6 Å². The summed E-state index contributed by atoms with van der Waals surface area (Å²) in [5.74, 6) is 1.29. The molecule has 3 aromatic rings. The van der Waals surface area contributed by atoms with Crippen LogP contribution < -0.4 is 10.1 Å². The number of likely N-dealkylation sites (tertiary alicyclic amines) is 2. The van der Waals surface area contributed by atoms with Crippen LogP contribution in [0, 0.1) is 0 Å². The zero-order chi connectivity index (χ0) is 31.2. The minimum atomic E-state index is -0.734. The first-order valence-corrected chi connectivity index (χ1v) is 16.1. The molecule has 7 nitrogen and oxygen atoms in total. The van der Waals surface area contributed by atoms with Crippen molar-refractivity contribution in [2.75, 3.05) is 32.8 Å². The largest absolute Gasteiger partial charge is 0.465 e. The van der Waals surface area contributed by atoms with E-state index in [4.69, 9.17) is 21.1 Å². The van der Waals surface area contributed by atoms with Crippen molar-refractivity contribution in [2.24, 2.45) is 0 Å². The van der Waals surface area contributed by atoms with Crippen LogP contribution in [-0.2, 0) is 26.3 Å². The molecule has 8 heteroatoms. The molecule has 0 unspecified atom stereocenters. The highest BCUT2D eigenvalue weighted by Crippen LogP contribution is 2.38.